The van der Waals surface area contributed by atoms with E-state index >= 15 is 0 Å². The van der Waals surface area contributed by atoms with Crippen molar-refractivity contribution in [2.45, 2.75) is 70.4 Å². The fourth-order valence-electron chi connectivity index (χ4n) is 4.67. The Hall–Kier alpha value is -1.35. The zero-order chi connectivity index (χ0) is 16.9. The van der Waals surface area contributed by atoms with Crippen molar-refractivity contribution in [3.8, 4) is 0 Å². The lowest BCUT2D eigenvalue weighted by Crippen LogP contribution is -2.59. The maximum Gasteiger partial charge on any atom is 0.225 e. The molecule has 3 rings (SSSR count). The second kappa shape index (κ2) is 8.15. The summed E-state index contributed by atoms with van der Waals surface area (Å²) in [5, 5.41) is 3.80. The Balaban J connectivity index is 1.85. The third kappa shape index (κ3) is 3.51. The van der Waals surface area contributed by atoms with Crippen LogP contribution in [-0.4, -0.2) is 36.0 Å². The zero-order valence-corrected chi connectivity index (χ0v) is 15.2. The highest BCUT2D eigenvalue weighted by Crippen LogP contribution is 2.36. The van der Waals surface area contributed by atoms with E-state index in [1.54, 1.807) is 0 Å². The van der Waals surface area contributed by atoms with E-state index in [2.05, 4.69) is 54.4 Å². The number of benzene rings is 1. The van der Waals surface area contributed by atoms with Crippen molar-refractivity contribution in [2.24, 2.45) is 5.92 Å². The minimum Gasteiger partial charge on any atom is -0.338 e. The molecule has 2 aliphatic heterocycles. The summed E-state index contributed by atoms with van der Waals surface area (Å²) in [6.07, 6.45) is 6.58. The van der Waals surface area contributed by atoms with Crippen LogP contribution >= 0.6 is 0 Å². The van der Waals surface area contributed by atoms with Gasteiger partial charge in [-0.1, -0.05) is 50.6 Å². The molecule has 3 atom stereocenters. The molecule has 0 saturated carbocycles. The maximum atomic E-state index is 13.1. The first-order valence-electron chi connectivity index (χ1n) is 9.85. The van der Waals surface area contributed by atoms with Crippen LogP contribution in [0.25, 0.3) is 0 Å². The number of carbonyl (C=O) groups is 1. The van der Waals surface area contributed by atoms with E-state index < -0.39 is 0 Å². The summed E-state index contributed by atoms with van der Waals surface area (Å²) in [6, 6.07) is 11.7. The number of likely N-dealkylation sites (tertiary alicyclic amines) is 1. The van der Waals surface area contributed by atoms with Crippen LogP contribution in [-0.2, 0) is 4.79 Å². The van der Waals surface area contributed by atoms with Crippen LogP contribution < -0.4 is 5.32 Å². The van der Waals surface area contributed by atoms with Gasteiger partial charge in [0.15, 0.2) is 0 Å². The number of hydrogen-bond donors (Lipinski definition) is 1. The molecule has 2 saturated heterocycles. The fourth-order valence-corrected chi connectivity index (χ4v) is 4.67. The number of hydrogen-bond acceptors (Lipinski definition) is 2. The van der Waals surface area contributed by atoms with Crippen LogP contribution in [0.4, 0.5) is 0 Å². The normalized spacial score (nSPS) is 27.6. The molecule has 132 valence electrons. The summed E-state index contributed by atoms with van der Waals surface area (Å²) in [6.45, 7) is 6.28. The molecular weight excluding hydrogens is 296 g/mol. The Morgan fingerprint density at radius 3 is 2.62 bits per heavy atom. The third-order valence-corrected chi connectivity index (χ3v) is 6.08. The number of amides is 1. The molecule has 0 radical (unpaired) electrons. The van der Waals surface area contributed by atoms with Gasteiger partial charge in [-0.2, -0.15) is 0 Å². The van der Waals surface area contributed by atoms with Crippen LogP contribution in [0.2, 0.25) is 0 Å². The molecule has 1 aromatic carbocycles. The SMILES string of the molecule is CCC(CC)C(=O)N1CC[C@H](c2ccccc2)[C@H]2NCCCC[C@H]21. The molecule has 2 fully saturated rings. The van der Waals surface area contributed by atoms with Gasteiger partial charge in [0.05, 0.1) is 0 Å². The van der Waals surface area contributed by atoms with E-state index in [0.29, 0.717) is 23.9 Å². The maximum absolute atomic E-state index is 13.1. The highest BCUT2D eigenvalue weighted by molar-refractivity contribution is 5.79. The number of fused-ring (bicyclic) bond motifs is 1. The molecule has 1 N–H and O–H groups in total. The van der Waals surface area contributed by atoms with Gasteiger partial charge in [0.2, 0.25) is 5.91 Å². The largest absolute Gasteiger partial charge is 0.338 e. The zero-order valence-electron chi connectivity index (χ0n) is 15.2. The van der Waals surface area contributed by atoms with E-state index in [-0.39, 0.29) is 5.92 Å². The molecule has 0 bridgehead atoms. The molecule has 3 nitrogen and oxygen atoms in total. The van der Waals surface area contributed by atoms with Gasteiger partial charge < -0.3 is 10.2 Å². The predicted molar refractivity (Wildman–Crippen MR) is 99.0 cm³/mol. The summed E-state index contributed by atoms with van der Waals surface area (Å²) in [5.74, 6) is 1.12. The average Bonchev–Trinajstić information content (AvgIpc) is 2.88. The quantitative estimate of drug-likeness (QED) is 0.907. The van der Waals surface area contributed by atoms with Crippen molar-refractivity contribution in [1.29, 1.82) is 0 Å². The first kappa shape index (κ1) is 17.5. The molecular formula is C21H32N2O. The molecule has 2 aliphatic rings. The van der Waals surface area contributed by atoms with Gasteiger partial charge in [0.25, 0.3) is 0 Å². The second-order valence-corrected chi connectivity index (χ2v) is 7.39. The van der Waals surface area contributed by atoms with Crippen LogP contribution in [0.1, 0.15) is 63.9 Å². The summed E-state index contributed by atoms with van der Waals surface area (Å²) in [7, 11) is 0. The highest BCUT2D eigenvalue weighted by Gasteiger charge is 2.41. The summed E-state index contributed by atoms with van der Waals surface area (Å²) in [4.78, 5) is 15.3. The molecule has 1 amide bonds. The molecule has 0 aromatic heterocycles. The lowest BCUT2D eigenvalue weighted by Gasteiger charge is -2.46. The molecule has 24 heavy (non-hydrogen) atoms. The summed E-state index contributed by atoms with van der Waals surface area (Å²) in [5.41, 5.74) is 1.43. The number of rotatable bonds is 4. The minimum atomic E-state index is 0.196. The van der Waals surface area contributed by atoms with Crippen LogP contribution in [0.5, 0.6) is 0 Å². The van der Waals surface area contributed by atoms with Gasteiger partial charge in [-0.05, 0) is 44.2 Å². The van der Waals surface area contributed by atoms with Crippen LogP contribution in [0.3, 0.4) is 0 Å². The number of carbonyl (C=O) groups excluding carboxylic acids is 1. The van der Waals surface area contributed by atoms with Gasteiger partial charge in [0.1, 0.15) is 0 Å². The number of nitrogens with zero attached hydrogens (tertiary/aromatic N) is 1. The monoisotopic (exact) mass is 328 g/mol. The molecule has 0 unspecified atom stereocenters. The number of piperidine rings is 1. The topological polar surface area (TPSA) is 32.3 Å². The predicted octanol–water partition coefficient (Wildman–Crippen LogP) is 3.95. The highest BCUT2D eigenvalue weighted by atomic mass is 16.2. The van der Waals surface area contributed by atoms with Gasteiger partial charge in [-0.15, -0.1) is 0 Å². The molecule has 0 aliphatic carbocycles. The van der Waals surface area contributed by atoms with E-state index in [1.165, 1.54) is 18.4 Å². The summed E-state index contributed by atoms with van der Waals surface area (Å²) < 4.78 is 0. The Morgan fingerprint density at radius 1 is 1.17 bits per heavy atom. The Bertz CT molecular complexity index is 526. The van der Waals surface area contributed by atoms with E-state index in [4.69, 9.17) is 0 Å². The smallest absolute Gasteiger partial charge is 0.225 e. The van der Waals surface area contributed by atoms with Gasteiger partial charge >= 0.3 is 0 Å². The molecule has 1 aromatic rings. The van der Waals surface area contributed by atoms with Crippen LogP contribution in [0, 0.1) is 5.92 Å². The molecule has 3 heteroatoms. The van der Waals surface area contributed by atoms with Crippen LogP contribution in [0.15, 0.2) is 30.3 Å². The van der Waals surface area contributed by atoms with Crippen molar-refractivity contribution in [1.82, 2.24) is 10.2 Å². The Kier molecular flexibility index (Phi) is 5.94. The van der Waals surface area contributed by atoms with Crippen molar-refractivity contribution in [3.63, 3.8) is 0 Å². The van der Waals surface area contributed by atoms with Crippen molar-refractivity contribution < 1.29 is 4.79 Å². The first-order chi connectivity index (χ1) is 11.8. The standard InChI is InChI=1S/C21H32N2O/c1-3-16(4-2)21(24)23-15-13-18(17-10-6-5-7-11-17)20-19(23)12-8-9-14-22-20/h5-7,10-11,16,18-20,22H,3-4,8-9,12-15H2,1-2H3/t18-,19-,20-/m1/s1. The second-order valence-electron chi connectivity index (χ2n) is 7.39. The first-order valence-corrected chi connectivity index (χ1v) is 9.85. The minimum absolute atomic E-state index is 0.196. The van der Waals surface area contributed by atoms with Gasteiger partial charge in [-0.3, -0.25) is 4.79 Å². The lowest BCUT2D eigenvalue weighted by atomic mass is 9.79. The fraction of sp³-hybridized carbons (Fsp3) is 0.667. The molecule has 0 spiro atoms. The lowest BCUT2D eigenvalue weighted by molar-refractivity contribution is -0.140. The Labute approximate surface area is 146 Å². The van der Waals surface area contributed by atoms with Crippen molar-refractivity contribution >= 4 is 5.91 Å². The summed E-state index contributed by atoms with van der Waals surface area (Å²) >= 11 is 0. The van der Waals surface area contributed by atoms with E-state index in [9.17, 15) is 4.79 Å². The van der Waals surface area contributed by atoms with Gasteiger partial charge in [-0.25, -0.2) is 0 Å². The third-order valence-electron chi connectivity index (χ3n) is 6.08. The average molecular weight is 329 g/mol. The molecule has 2 heterocycles. The number of nitrogens with one attached hydrogen (secondary N) is 1. The van der Waals surface area contributed by atoms with Crippen molar-refractivity contribution in [3.05, 3.63) is 35.9 Å². The Morgan fingerprint density at radius 2 is 1.92 bits per heavy atom. The van der Waals surface area contributed by atoms with E-state index in [1.807, 2.05) is 0 Å². The van der Waals surface area contributed by atoms with Crippen molar-refractivity contribution in [2.75, 3.05) is 13.1 Å². The van der Waals surface area contributed by atoms with Gasteiger partial charge in [0, 0.05) is 30.5 Å². The van der Waals surface area contributed by atoms with E-state index in [0.717, 1.165) is 38.8 Å².